The van der Waals surface area contributed by atoms with Crippen LogP contribution < -0.4 is 5.32 Å². The van der Waals surface area contributed by atoms with Crippen LogP contribution >= 0.6 is 0 Å². The van der Waals surface area contributed by atoms with Gasteiger partial charge in [-0.25, -0.2) is 4.79 Å². The van der Waals surface area contributed by atoms with Crippen molar-refractivity contribution in [3.8, 4) is 0 Å². The summed E-state index contributed by atoms with van der Waals surface area (Å²) in [5, 5.41) is 3.25. The maximum absolute atomic E-state index is 11.4. The van der Waals surface area contributed by atoms with E-state index in [1.807, 2.05) is 0 Å². The van der Waals surface area contributed by atoms with Crippen molar-refractivity contribution in [1.82, 2.24) is 5.32 Å². The Balaban J connectivity index is 2.33. The van der Waals surface area contributed by atoms with E-state index in [9.17, 15) is 9.59 Å². The lowest BCUT2D eigenvalue weighted by molar-refractivity contribution is -0.153. The second-order valence-electron chi connectivity index (χ2n) is 4.13. The average Bonchev–Trinajstić information content (AvgIpc) is 2.18. The first-order chi connectivity index (χ1) is 7.13. The van der Waals surface area contributed by atoms with Crippen LogP contribution in [0.4, 0.5) is 0 Å². The Kier molecular flexibility index (Phi) is 4.75. The largest absolute Gasteiger partial charge is 0.460 e. The summed E-state index contributed by atoms with van der Waals surface area (Å²) in [4.78, 5) is 22.5. The first-order valence-electron chi connectivity index (χ1n) is 5.56. The molecule has 0 aliphatic carbocycles. The highest BCUT2D eigenvalue weighted by molar-refractivity contribution is 6.33. The molecule has 2 unspecified atom stereocenters. The molecule has 1 N–H and O–H groups in total. The van der Waals surface area contributed by atoms with Gasteiger partial charge in [-0.05, 0) is 32.2 Å². The van der Waals surface area contributed by atoms with Crippen LogP contribution in [0.1, 0.15) is 33.1 Å². The number of esters is 1. The monoisotopic (exact) mass is 213 g/mol. The van der Waals surface area contributed by atoms with Gasteiger partial charge in [-0.1, -0.05) is 6.92 Å². The molecule has 1 saturated heterocycles. The fraction of sp³-hybridized carbons (Fsp3) is 0.818. The molecule has 0 aromatic rings. The minimum absolute atomic E-state index is 0.144. The van der Waals surface area contributed by atoms with Gasteiger partial charge < -0.3 is 10.1 Å². The van der Waals surface area contributed by atoms with Crippen molar-refractivity contribution < 1.29 is 14.3 Å². The van der Waals surface area contributed by atoms with Gasteiger partial charge >= 0.3 is 5.97 Å². The minimum Gasteiger partial charge on any atom is -0.460 e. The molecule has 86 valence electrons. The highest BCUT2D eigenvalue weighted by atomic mass is 16.5. The zero-order chi connectivity index (χ0) is 11.3. The standard InChI is InChI=1S/C11H19NO3/c1-3-15-11(14)10(13)7-9-6-8(2)4-5-12-9/h8-9,12H,3-7H2,1-2H3. The van der Waals surface area contributed by atoms with Crippen molar-refractivity contribution in [3.63, 3.8) is 0 Å². The summed E-state index contributed by atoms with van der Waals surface area (Å²) >= 11 is 0. The van der Waals surface area contributed by atoms with Crippen LogP contribution in [0.15, 0.2) is 0 Å². The summed E-state index contributed by atoms with van der Waals surface area (Å²) in [6.45, 7) is 5.07. The molecular formula is C11H19NO3. The number of nitrogens with one attached hydrogen (secondary N) is 1. The molecule has 0 aromatic carbocycles. The summed E-state index contributed by atoms with van der Waals surface area (Å²) in [6, 6.07) is 0.144. The molecule has 0 radical (unpaired) electrons. The summed E-state index contributed by atoms with van der Waals surface area (Å²) in [5.41, 5.74) is 0. The molecule has 1 rings (SSSR count). The van der Waals surface area contributed by atoms with Gasteiger partial charge in [0.1, 0.15) is 0 Å². The fourth-order valence-corrected chi connectivity index (χ4v) is 1.89. The predicted octanol–water partition coefficient (Wildman–Crippen LogP) is 0.897. The Morgan fingerprint density at radius 1 is 1.47 bits per heavy atom. The smallest absolute Gasteiger partial charge is 0.374 e. The van der Waals surface area contributed by atoms with Gasteiger partial charge in [0.15, 0.2) is 0 Å². The Hall–Kier alpha value is -0.900. The van der Waals surface area contributed by atoms with E-state index < -0.39 is 11.8 Å². The quantitative estimate of drug-likeness (QED) is 0.557. The second kappa shape index (κ2) is 5.85. The van der Waals surface area contributed by atoms with Crippen LogP contribution in [0.5, 0.6) is 0 Å². The number of piperidine rings is 1. The first-order valence-corrected chi connectivity index (χ1v) is 5.56. The molecule has 0 aromatic heterocycles. The number of ether oxygens (including phenoxy) is 1. The van der Waals surface area contributed by atoms with Gasteiger partial charge in [-0.3, -0.25) is 4.79 Å². The number of carbonyl (C=O) groups is 2. The van der Waals surface area contributed by atoms with E-state index in [2.05, 4.69) is 17.0 Å². The molecular weight excluding hydrogens is 194 g/mol. The van der Waals surface area contributed by atoms with Crippen LogP contribution in [0.2, 0.25) is 0 Å². The molecule has 15 heavy (non-hydrogen) atoms. The molecule has 1 aliphatic rings. The molecule has 1 fully saturated rings. The summed E-state index contributed by atoms with van der Waals surface area (Å²) in [6.07, 6.45) is 2.37. The van der Waals surface area contributed by atoms with E-state index in [-0.39, 0.29) is 19.1 Å². The number of carbonyl (C=O) groups excluding carboxylic acids is 2. The van der Waals surface area contributed by atoms with Crippen molar-refractivity contribution >= 4 is 11.8 Å². The molecule has 0 amide bonds. The van der Waals surface area contributed by atoms with Crippen LogP contribution in [-0.2, 0) is 14.3 Å². The van der Waals surface area contributed by atoms with Gasteiger partial charge in [0.05, 0.1) is 6.61 Å². The normalized spacial score (nSPS) is 26.0. The Morgan fingerprint density at radius 3 is 2.80 bits per heavy atom. The van der Waals surface area contributed by atoms with Crippen molar-refractivity contribution in [1.29, 1.82) is 0 Å². The third kappa shape index (κ3) is 4.00. The Bertz CT molecular complexity index is 240. The van der Waals surface area contributed by atoms with E-state index in [1.54, 1.807) is 6.92 Å². The zero-order valence-electron chi connectivity index (χ0n) is 9.41. The average molecular weight is 213 g/mol. The molecule has 4 nitrogen and oxygen atoms in total. The molecule has 0 saturated carbocycles. The van der Waals surface area contributed by atoms with E-state index in [1.165, 1.54) is 0 Å². The number of ketones is 1. The van der Waals surface area contributed by atoms with Gasteiger partial charge in [0.2, 0.25) is 5.78 Å². The molecule has 0 spiro atoms. The molecule has 0 bridgehead atoms. The fourth-order valence-electron chi connectivity index (χ4n) is 1.89. The Morgan fingerprint density at radius 2 is 2.20 bits per heavy atom. The van der Waals surface area contributed by atoms with E-state index in [4.69, 9.17) is 0 Å². The lowest BCUT2D eigenvalue weighted by Crippen LogP contribution is -2.40. The predicted molar refractivity (Wildman–Crippen MR) is 56.4 cm³/mol. The van der Waals surface area contributed by atoms with Crippen LogP contribution in [0, 0.1) is 5.92 Å². The van der Waals surface area contributed by atoms with E-state index in [0.29, 0.717) is 5.92 Å². The molecule has 1 heterocycles. The summed E-state index contributed by atoms with van der Waals surface area (Å²) < 4.78 is 4.66. The topological polar surface area (TPSA) is 55.4 Å². The van der Waals surface area contributed by atoms with Crippen LogP contribution in [-0.4, -0.2) is 30.9 Å². The van der Waals surface area contributed by atoms with Crippen LogP contribution in [0.3, 0.4) is 0 Å². The maximum Gasteiger partial charge on any atom is 0.374 e. The minimum atomic E-state index is -0.697. The van der Waals surface area contributed by atoms with Crippen molar-refractivity contribution in [2.45, 2.75) is 39.2 Å². The molecule has 2 atom stereocenters. The Labute approximate surface area is 90.4 Å². The van der Waals surface area contributed by atoms with Gasteiger partial charge in [-0.2, -0.15) is 0 Å². The number of Topliss-reactive ketones (excluding diaryl/α,β-unsaturated/α-hetero) is 1. The van der Waals surface area contributed by atoms with E-state index >= 15 is 0 Å². The second-order valence-corrected chi connectivity index (χ2v) is 4.13. The number of hydrogen-bond donors (Lipinski definition) is 1. The maximum atomic E-state index is 11.4. The van der Waals surface area contributed by atoms with Gasteiger partial charge in [0, 0.05) is 12.5 Å². The zero-order valence-corrected chi connectivity index (χ0v) is 9.41. The van der Waals surface area contributed by atoms with Crippen molar-refractivity contribution in [3.05, 3.63) is 0 Å². The third-order valence-corrected chi connectivity index (χ3v) is 2.69. The molecule has 4 heteroatoms. The lowest BCUT2D eigenvalue weighted by Gasteiger charge is -2.27. The number of rotatable bonds is 4. The van der Waals surface area contributed by atoms with Crippen LogP contribution in [0.25, 0.3) is 0 Å². The summed E-state index contributed by atoms with van der Waals surface area (Å²) in [7, 11) is 0. The molecule has 1 aliphatic heterocycles. The lowest BCUT2D eigenvalue weighted by atomic mass is 9.91. The first kappa shape index (κ1) is 12.2. The SMILES string of the molecule is CCOC(=O)C(=O)CC1CC(C)CCN1. The van der Waals surface area contributed by atoms with Crippen molar-refractivity contribution in [2.75, 3.05) is 13.2 Å². The van der Waals surface area contributed by atoms with Gasteiger partial charge in [0.25, 0.3) is 0 Å². The third-order valence-electron chi connectivity index (χ3n) is 2.69. The highest BCUT2D eigenvalue weighted by Crippen LogP contribution is 2.17. The highest BCUT2D eigenvalue weighted by Gasteiger charge is 2.24. The van der Waals surface area contributed by atoms with Gasteiger partial charge in [-0.15, -0.1) is 0 Å². The summed E-state index contributed by atoms with van der Waals surface area (Å²) in [5.74, 6) is -0.479. The number of hydrogen-bond acceptors (Lipinski definition) is 4. The van der Waals surface area contributed by atoms with E-state index in [0.717, 1.165) is 19.4 Å². The van der Waals surface area contributed by atoms with Crippen molar-refractivity contribution in [2.24, 2.45) is 5.92 Å².